The molecule has 0 saturated carbocycles. The van der Waals surface area contributed by atoms with Crippen LogP contribution in [-0.4, -0.2) is 53.8 Å². The lowest BCUT2D eigenvalue weighted by atomic mass is 9.77. The first-order valence-electron chi connectivity index (χ1n) is 11.3. The normalized spacial score (nSPS) is 29.4. The molecule has 3 amide bonds. The second-order valence-corrected chi connectivity index (χ2v) is 9.07. The largest absolute Gasteiger partial charge is 0.358 e. The summed E-state index contributed by atoms with van der Waals surface area (Å²) in [6, 6.07) is -0.0849. The zero-order valence-corrected chi connectivity index (χ0v) is 17.2. The second kappa shape index (κ2) is 8.06. The minimum Gasteiger partial charge on any atom is -0.358 e. The number of nitrogens with zero attached hydrogens (tertiary/aromatic N) is 1. The molecule has 8 nitrogen and oxygen atoms in total. The molecule has 30 heavy (non-hydrogen) atoms. The summed E-state index contributed by atoms with van der Waals surface area (Å²) in [5, 5.41) is 6.02. The van der Waals surface area contributed by atoms with E-state index >= 15 is 0 Å². The van der Waals surface area contributed by atoms with E-state index in [2.05, 4.69) is 15.6 Å². The van der Waals surface area contributed by atoms with Gasteiger partial charge in [0.25, 0.3) is 11.5 Å². The van der Waals surface area contributed by atoms with Crippen LogP contribution in [-0.2, 0) is 17.6 Å². The van der Waals surface area contributed by atoms with Crippen LogP contribution in [0.25, 0.3) is 0 Å². The SMILES string of the molecule is O=C1N[C@H]2OCCC[C@H]2[C@H](C2CCN(C(=O)c3c4c(c[nH]c3=O)CCCC4)CC2)N1. The molecule has 3 fully saturated rings. The van der Waals surface area contributed by atoms with Crippen molar-refractivity contribution in [1.29, 1.82) is 0 Å². The zero-order valence-electron chi connectivity index (χ0n) is 17.2. The summed E-state index contributed by atoms with van der Waals surface area (Å²) >= 11 is 0. The number of nitrogens with one attached hydrogen (secondary N) is 3. The monoisotopic (exact) mass is 414 g/mol. The zero-order chi connectivity index (χ0) is 20.7. The molecule has 1 aliphatic carbocycles. The van der Waals surface area contributed by atoms with Gasteiger partial charge in [0.15, 0.2) is 0 Å². The van der Waals surface area contributed by atoms with Gasteiger partial charge < -0.3 is 25.3 Å². The Hall–Kier alpha value is -2.35. The van der Waals surface area contributed by atoms with Crippen molar-refractivity contribution < 1.29 is 14.3 Å². The Morgan fingerprint density at radius 1 is 1.03 bits per heavy atom. The molecular formula is C22H30N4O4. The van der Waals surface area contributed by atoms with Gasteiger partial charge in [-0.05, 0) is 68.4 Å². The first-order valence-corrected chi connectivity index (χ1v) is 11.3. The van der Waals surface area contributed by atoms with Crippen LogP contribution in [0.3, 0.4) is 0 Å². The maximum atomic E-state index is 13.3. The minimum absolute atomic E-state index is 0.0780. The molecule has 0 radical (unpaired) electrons. The summed E-state index contributed by atoms with van der Waals surface area (Å²) in [6.45, 7) is 1.92. The predicted octanol–water partition coefficient (Wildman–Crippen LogP) is 1.54. The molecule has 0 bridgehead atoms. The van der Waals surface area contributed by atoms with Gasteiger partial charge in [-0.15, -0.1) is 0 Å². The third-order valence-electron chi connectivity index (χ3n) is 7.37. The Kier molecular flexibility index (Phi) is 5.26. The van der Waals surface area contributed by atoms with Gasteiger partial charge >= 0.3 is 6.03 Å². The summed E-state index contributed by atoms with van der Waals surface area (Å²) in [6.07, 6.45) is 9.13. The van der Waals surface area contributed by atoms with Crippen LogP contribution in [0.5, 0.6) is 0 Å². The fourth-order valence-electron chi connectivity index (χ4n) is 5.80. The molecule has 8 heteroatoms. The highest BCUT2D eigenvalue weighted by atomic mass is 16.5. The van der Waals surface area contributed by atoms with Crippen molar-refractivity contribution in [2.45, 2.75) is 63.6 Å². The number of H-pyrrole nitrogens is 1. The van der Waals surface area contributed by atoms with E-state index in [1.54, 1.807) is 6.20 Å². The van der Waals surface area contributed by atoms with E-state index in [0.717, 1.165) is 62.5 Å². The van der Waals surface area contributed by atoms with Crippen molar-refractivity contribution in [3.8, 4) is 0 Å². The van der Waals surface area contributed by atoms with Crippen molar-refractivity contribution >= 4 is 11.9 Å². The number of fused-ring (bicyclic) bond motifs is 2. The van der Waals surface area contributed by atoms with Crippen LogP contribution in [0, 0.1) is 11.8 Å². The fraction of sp³-hybridized carbons (Fsp3) is 0.682. The van der Waals surface area contributed by atoms with Crippen molar-refractivity contribution in [3.05, 3.63) is 33.2 Å². The number of hydrogen-bond acceptors (Lipinski definition) is 4. The summed E-state index contributed by atoms with van der Waals surface area (Å²) in [5.74, 6) is 0.451. The first kappa shape index (κ1) is 19.6. The van der Waals surface area contributed by atoms with Crippen LogP contribution < -0.4 is 16.2 Å². The topological polar surface area (TPSA) is 104 Å². The molecular weight excluding hydrogens is 384 g/mol. The second-order valence-electron chi connectivity index (χ2n) is 9.07. The molecule has 0 aromatic carbocycles. The third kappa shape index (κ3) is 3.51. The number of hydrogen-bond donors (Lipinski definition) is 3. The van der Waals surface area contributed by atoms with Crippen LogP contribution in [0.4, 0.5) is 4.79 Å². The maximum absolute atomic E-state index is 13.3. The van der Waals surface area contributed by atoms with Crippen molar-refractivity contribution in [2.75, 3.05) is 19.7 Å². The van der Waals surface area contributed by atoms with E-state index in [1.807, 2.05) is 4.90 Å². The van der Waals surface area contributed by atoms with Gasteiger partial charge in [-0.25, -0.2) is 4.79 Å². The number of aromatic nitrogens is 1. The van der Waals surface area contributed by atoms with E-state index in [1.165, 1.54) is 0 Å². The highest BCUT2D eigenvalue weighted by Crippen LogP contribution is 2.34. The Balaban J connectivity index is 1.29. The standard InChI is InChI=1S/C22H30N4O4/c27-19-17(15-5-2-1-4-14(15)12-23-19)21(28)26-9-7-13(8-10-26)18-16-6-3-11-30-20(16)25-22(29)24-18/h12-13,16,18,20H,1-11H2,(H,23,27)(H2,24,25,29)/t16-,18-,20-/m0/s1. The summed E-state index contributed by atoms with van der Waals surface area (Å²) in [7, 11) is 0. The smallest absolute Gasteiger partial charge is 0.317 e. The number of amides is 3. The summed E-state index contributed by atoms with van der Waals surface area (Å²) in [5.41, 5.74) is 2.14. The van der Waals surface area contributed by atoms with Crippen molar-refractivity contribution in [1.82, 2.24) is 20.5 Å². The number of carbonyl (C=O) groups excluding carboxylic acids is 2. The predicted molar refractivity (Wildman–Crippen MR) is 110 cm³/mol. The van der Waals surface area contributed by atoms with E-state index in [4.69, 9.17) is 4.74 Å². The minimum atomic E-state index is -0.268. The Morgan fingerprint density at radius 2 is 1.83 bits per heavy atom. The van der Waals surface area contributed by atoms with Crippen LogP contribution in [0.2, 0.25) is 0 Å². The Morgan fingerprint density at radius 3 is 2.67 bits per heavy atom. The molecule has 1 aromatic rings. The summed E-state index contributed by atoms with van der Waals surface area (Å²) in [4.78, 5) is 42.5. The van der Waals surface area contributed by atoms with Crippen LogP contribution >= 0.6 is 0 Å². The number of ether oxygens (including phenoxy) is 1. The maximum Gasteiger partial charge on any atom is 0.317 e. The lowest BCUT2D eigenvalue weighted by Gasteiger charge is -2.46. The molecule has 162 valence electrons. The van der Waals surface area contributed by atoms with Crippen LogP contribution in [0.15, 0.2) is 11.0 Å². The molecule has 3 N–H and O–H groups in total. The van der Waals surface area contributed by atoms with E-state index < -0.39 is 0 Å². The van der Waals surface area contributed by atoms with Crippen LogP contribution in [0.1, 0.15) is 60.0 Å². The Labute approximate surface area is 175 Å². The lowest BCUT2D eigenvalue weighted by Crippen LogP contribution is -2.65. The molecule has 3 saturated heterocycles. The van der Waals surface area contributed by atoms with Gasteiger partial charge in [0.05, 0.1) is 0 Å². The molecule has 4 aliphatic rings. The number of rotatable bonds is 2. The third-order valence-corrected chi connectivity index (χ3v) is 7.37. The molecule has 4 heterocycles. The average Bonchev–Trinajstić information content (AvgIpc) is 2.78. The van der Waals surface area contributed by atoms with E-state index in [0.29, 0.717) is 31.2 Å². The Bertz CT molecular complexity index is 890. The quantitative estimate of drug-likeness (QED) is 0.683. The highest BCUT2D eigenvalue weighted by molar-refractivity contribution is 5.95. The number of aryl methyl sites for hydroxylation is 1. The average molecular weight is 415 g/mol. The van der Waals surface area contributed by atoms with Gasteiger partial charge in [-0.3, -0.25) is 9.59 Å². The fourth-order valence-corrected chi connectivity index (χ4v) is 5.80. The summed E-state index contributed by atoms with van der Waals surface area (Å²) < 4.78 is 5.78. The number of aromatic amines is 1. The number of likely N-dealkylation sites (tertiary alicyclic amines) is 1. The molecule has 1 aromatic heterocycles. The van der Waals surface area contributed by atoms with Gasteiger partial charge in [-0.1, -0.05) is 0 Å². The molecule has 0 spiro atoms. The van der Waals surface area contributed by atoms with E-state index in [9.17, 15) is 14.4 Å². The lowest BCUT2D eigenvalue weighted by molar-refractivity contribution is -0.0701. The molecule has 3 aliphatic heterocycles. The number of urea groups is 1. The number of pyridine rings is 1. The van der Waals surface area contributed by atoms with Gasteiger partial charge in [0, 0.05) is 37.9 Å². The molecule has 3 atom stereocenters. The first-order chi connectivity index (χ1) is 14.6. The molecule has 0 unspecified atom stereocenters. The van der Waals surface area contributed by atoms with Gasteiger partial charge in [0.2, 0.25) is 0 Å². The van der Waals surface area contributed by atoms with Crippen molar-refractivity contribution in [3.63, 3.8) is 0 Å². The van der Waals surface area contributed by atoms with E-state index in [-0.39, 0.29) is 35.7 Å². The molecule has 5 rings (SSSR count). The van der Waals surface area contributed by atoms with Gasteiger partial charge in [0.1, 0.15) is 11.8 Å². The van der Waals surface area contributed by atoms with Gasteiger partial charge in [-0.2, -0.15) is 0 Å². The number of piperidine rings is 1. The highest BCUT2D eigenvalue weighted by Gasteiger charge is 2.43. The number of carbonyl (C=O) groups is 2. The van der Waals surface area contributed by atoms with Crippen molar-refractivity contribution in [2.24, 2.45) is 11.8 Å².